The summed E-state index contributed by atoms with van der Waals surface area (Å²) in [6.07, 6.45) is 4.78. The molecular weight excluding hydrogens is 232 g/mol. The van der Waals surface area contributed by atoms with Gasteiger partial charge in [-0.25, -0.2) is 10.9 Å². The molecule has 18 heavy (non-hydrogen) atoms. The van der Waals surface area contributed by atoms with Gasteiger partial charge in [-0.2, -0.15) is 10.7 Å². The third-order valence-electron chi connectivity index (χ3n) is 3.36. The number of hydrogen-bond donors (Lipinski definition) is 3. The minimum Gasteiger partial charge on any atom is -0.379 e. The van der Waals surface area contributed by atoms with Crippen molar-refractivity contribution in [3.8, 4) is 0 Å². The molecule has 0 bridgehead atoms. The second-order valence-corrected chi connectivity index (χ2v) is 4.91. The SMILES string of the molecule is COC1CCCCC(C)NN(C)NNCC1OC. The van der Waals surface area contributed by atoms with Gasteiger partial charge in [-0.3, -0.25) is 0 Å². The van der Waals surface area contributed by atoms with Crippen LogP contribution in [0.4, 0.5) is 0 Å². The number of nitrogens with zero attached hydrogens (tertiary/aromatic N) is 1. The minimum atomic E-state index is 0.0627. The summed E-state index contributed by atoms with van der Waals surface area (Å²) < 4.78 is 11.0. The monoisotopic (exact) mass is 260 g/mol. The quantitative estimate of drug-likeness (QED) is 0.669. The summed E-state index contributed by atoms with van der Waals surface area (Å²) in [5.74, 6) is 0. The molecule has 3 N–H and O–H groups in total. The third-order valence-corrected chi connectivity index (χ3v) is 3.36. The molecule has 0 aromatic heterocycles. The van der Waals surface area contributed by atoms with E-state index in [2.05, 4.69) is 23.3 Å². The Balaban J connectivity index is 2.51. The van der Waals surface area contributed by atoms with E-state index in [0.717, 1.165) is 12.8 Å². The Morgan fingerprint density at radius 1 is 1.06 bits per heavy atom. The van der Waals surface area contributed by atoms with Crippen LogP contribution in [0.15, 0.2) is 0 Å². The standard InChI is InChI=1S/C12H28N4O2/c1-10-7-5-6-8-11(17-3)12(18-4)9-13-15-16(2)14-10/h10-15H,5-9H2,1-4H3. The van der Waals surface area contributed by atoms with E-state index >= 15 is 0 Å². The van der Waals surface area contributed by atoms with Gasteiger partial charge in [0.2, 0.25) is 0 Å². The number of rotatable bonds is 2. The van der Waals surface area contributed by atoms with Crippen molar-refractivity contribution in [2.45, 2.75) is 50.9 Å². The van der Waals surface area contributed by atoms with Crippen LogP contribution in [0.2, 0.25) is 0 Å². The van der Waals surface area contributed by atoms with Crippen LogP contribution in [0.25, 0.3) is 0 Å². The third kappa shape index (κ3) is 5.60. The fourth-order valence-corrected chi connectivity index (χ4v) is 2.31. The highest BCUT2D eigenvalue weighted by Gasteiger charge is 2.21. The van der Waals surface area contributed by atoms with E-state index in [0.29, 0.717) is 12.6 Å². The second-order valence-electron chi connectivity index (χ2n) is 4.91. The predicted molar refractivity (Wildman–Crippen MR) is 71.6 cm³/mol. The number of ether oxygens (including phenoxy) is 2. The average molecular weight is 260 g/mol. The fourth-order valence-electron chi connectivity index (χ4n) is 2.31. The van der Waals surface area contributed by atoms with Crippen molar-refractivity contribution >= 4 is 0 Å². The van der Waals surface area contributed by atoms with E-state index in [9.17, 15) is 0 Å². The molecule has 1 heterocycles. The molecule has 3 atom stereocenters. The lowest BCUT2D eigenvalue weighted by atomic mass is 10.0. The van der Waals surface area contributed by atoms with E-state index in [1.807, 2.05) is 12.2 Å². The minimum absolute atomic E-state index is 0.0627. The maximum absolute atomic E-state index is 5.53. The molecule has 3 unspecified atom stereocenters. The molecular formula is C12H28N4O2. The zero-order valence-electron chi connectivity index (χ0n) is 12.0. The lowest BCUT2D eigenvalue weighted by molar-refractivity contribution is -0.0466. The van der Waals surface area contributed by atoms with Gasteiger partial charge in [-0.15, -0.1) is 0 Å². The highest BCUT2D eigenvalue weighted by molar-refractivity contribution is 4.73. The van der Waals surface area contributed by atoms with Crippen molar-refractivity contribution in [1.29, 1.82) is 0 Å². The Kier molecular flexibility index (Phi) is 7.73. The summed E-state index contributed by atoms with van der Waals surface area (Å²) in [7, 11) is 5.44. The largest absolute Gasteiger partial charge is 0.379 e. The molecule has 1 fully saturated rings. The molecule has 108 valence electrons. The molecule has 0 spiro atoms. The van der Waals surface area contributed by atoms with Crippen molar-refractivity contribution < 1.29 is 9.47 Å². The van der Waals surface area contributed by atoms with Crippen LogP contribution in [0.1, 0.15) is 32.6 Å². The van der Waals surface area contributed by atoms with Crippen LogP contribution >= 0.6 is 0 Å². The van der Waals surface area contributed by atoms with Gasteiger partial charge in [0, 0.05) is 33.9 Å². The van der Waals surface area contributed by atoms with E-state index in [1.165, 1.54) is 12.8 Å². The lowest BCUT2D eigenvalue weighted by Crippen LogP contribution is -2.56. The smallest absolute Gasteiger partial charge is 0.0971 e. The van der Waals surface area contributed by atoms with E-state index in [4.69, 9.17) is 9.47 Å². The summed E-state index contributed by atoms with van der Waals surface area (Å²) in [5.41, 5.74) is 9.57. The van der Waals surface area contributed by atoms with Crippen LogP contribution in [0.5, 0.6) is 0 Å². The molecule has 1 saturated heterocycles. The van der Waals surface area contributed by atoms with Gasteiger partial charge < -0.3 is 9.47 Å². The lowest BCUT2D eigenvalue weighted by Gasteiger charge is -2.29. The average Bonchev–Trinajstić information content (AvgIpc) is 2.34. The van der Waals surface area contributed by atoms with Gasteiger partial charge in [0.05, 0.1) is 12.2 Å². The topological polar surface area (TPSA) is 57.8 Å². The number of methoxy groups -OCH3 is 2. The van der Waals surface area contributed by atoms with Gasteiger partial charge >= 0.3 is 0 Å². The first-order chi connectivity index (χ1) is 8.67. The van der Waals surface area contributed by atoms with E-state index in [1.54, 1.807) is 14.2 Å². The number of nitrogens with one attached hydrogen (secondary N) is 3. The summed E-state index contributed by atoms with van der Waals surface area (Å²) in [6.45, 7) is 2.89. The van der Waals surface area contributed by atoms with Crippen LogP contribution in [0.3, 0.4) is 0 Å². The Bertz CT molecular complexity index is 218. The molecule has 0 amide bonds. The maximum Gasteiger partial charge on any atom is 0.0971 e. The van der Waals surface area contributed by atoms with Crippen molar-refractivity contribution in [3.05, 3.63) is 0 Å². The predicted octanol–water partition coefficient (Wildman–Crippen LogP) is 0.425. The first-order valence-electron chi connectivity index (χ1n) is 6.71. The second kappa shape index (κ2) is 8.79. The zero-order valence-corrected chi connectivity index (χ0v) is 12.0. The summed E-state index contributed by atoms with van der Waals surface area (Å²) >= 11 is 0. The van der Waals surface area contributed by atoms with Crippen LogP contribution in [-0.2, 0) is 9.47 Å². The van der Waals surface area contributed by atoms with E-state index in [-0.39, 0.29) is 12.2 Å². The molecule has 6 nitrogen and oxygen atoms in total. The number of hydrazine groups is 3. The molecule has 0 aromatic rings. The first-order valence-corrected chi connectivity index (χ1v) is 6.71. The van der Waals surface area contributed by atoms with Crippen molar-refractivity contribution in [3.63, 3.8) is 0 Å². The van der Waals surface area contributed by atoms with E-state index < -0.39 is 0 Å². The first kappa shape index (κ1) is 15.8. The molecule has 0 saturated carbocycles. The van der Waals surface area contributed by atoms with Gasteiger partial charge in [0.1, 0.15) is 0 Å². The van der Waals surface area contributed by atoms with Crippen LogP contribution < -0.4 is 16.4 Å². The van der Waals surface area contributed by atoms with Crippen molar-refractivity contribution in [2.75, 3.05) is 27.8 Å². The number of hydrogen-bond acceptors (Lipinski definition) is 6. The molecule has 0 aliphatic carbocycles. The molecule has 0 radical (unpaired) electrons. The van der Waals surface area contributed by atoms with Crippen molar-refractivity contribution in [2.24, 2.45) is 0 Å². The molecule has 1 aliphatic heterocycles. The highest BCUT2D eigenvalue weighted by atomic mass is 16.5. The summed E-state index contributed by atoms with van der Waals surface area (Å²) in [4.78, 5) is 0. The van der Waals surface area contributed by atoms with Gasteiger partial charge in [0.25, 0.3) is 0 Å². The Morgan fingerprint density at radius 2 is 1.72 bits per heavy atom. The van der Waals surface area contributed by atoms with Crippen LogP contribution in [-0.4, -0.2) is 51.2 Å². The van der Waals surface area contributed by atoms with Gasteiger partial charge in [-0.1, -0.05) is 12.8 Å². The molecule has 1 aliphatic rings. The van der Waals surface area contributed by atoms with Gasteiger partial charge in [0.15, 0.2) is 0 Å². The summed E-state index contributed by atoms with van der Waals surface area (Å²) in [5, 5.41) is 1.85. The van der Waals surface area contributed by atoms with Crippen molar-refractivity contribution in [1.82, 2.24) is 21.5 Å². The molecule has 0 aromatic carbocycles. The molecule has 6 heteroatoms. The Labute approximate surface area is 110 Å². The molecule has 1 rings (SSSR count). The zero-order chi connectivity index (χ0) is 13.4. The van der Waals surface area contributed by atoms with Gasteiger partial charge in [-0.05, 0) is 19.8 Å². The normalized spacial score (nSPS) is 33.7. The van der Waals surface area contributed by atoms with Crippen LogP contribution in [0, 0.1) is 0 Å². The Hall–Kier alpha value is -0.240. The highest BCUT2D eigenvalue weighted by Crippen LogP contribution is 2.13. The Morgan fingerprint density at radius 3 is 2.39 bits per heavy atom. The fraction of sp³-hybridized carbons (Fsp3) is 1.00. The maximum atomic E-state index is 5.53. The summed E-state index contributed by atoms with van der Waals surface area (Å²) in [6, 6.07) is 0.461.